The normalized spacial score (nSPS) is 10.9. The second-order valence-corrected chi connectivity index (χ2v) is 13.0. The third-order valence-corrected chi connectivity index (χ3v) is 8.96. The zero-order chi connectivity index (χ0) is 38.2. The van der Waals surface area contributed by atoms with Crippen molar-refractivity contribution in [2.75, 3.05) is 0 Å². The number of hydrogen-bond donors (Lipinski definition) is 3. The summed E-state index contributed by atoms with van der Waals surface area (Å²) in [5, 5.41) is 75.5. The highest BCUT2D eigenvalue weighted by Crippen LogP contribution is 2.37. The van der Waals surface area contributed by atoms with Crippen molar-refractivity contribution in [3.05, 3.63) is 98.0 Å². The summed E-state index contributed by atoms with van der Waals surface area (Å²) in [6.07, 6.45) is 0. The molecule has 27 heteroatoms. The van der Waals surface area contributed by atoms with Gasteiger partial charge in [-0.25, -0.2) is 0 Å². The minimum atomic E-state index is -0.739. The summed E-state index contributed by atoms with van der Waals surface area (Å²) in [5.74, 6) is 0. The van der Waals surface area contributed by atoms with E-state index in [0.717, 1.165) is 0 Å². The van der Waals surface area contributed by atoms with Crippen LogP contribution in [0.3, 0.4) is 0 Å². The molecule has 4 heterocycles. The largest absolute Gasteiger partial charge is 0.691 e. The standard InChI is InChI=1S/C7H5Cl2N3O.C6H2Cl2N4O3.2C6H3Cl2N3O/c1-11-7-5(9)2-4(8)3-6(7)12(13)10-11;7-2-1-3-6(11(13)10-9-3)4(8)5(2)12(14)15;7-3-1-5-6(2-4(3)8)11(12)10-9-5;7-3-1-2-4(8)6-5(3)9-10-11(6)12/h2-3H,1H3;1,13H;2*1-2,12H. The lowest BCUT2D eigenvalue weighted by molar-refractivity contribution is -0.646. The molecule has 0 amide bonds. The predicted molar refractivity (Wildman–Crippen MR) is 191 cm³/mol. The fourth-order valence-corrected chi connectivity index (χ4v) is 6.24. The van der Waals surface area contributed by atoms with Gasteiger partial charge < -0.3 is 20.8 Å². The van der Waals surface area contributed by atoms with Gasteiger partial charge in [0.15, 0.2) is 16.1 Å². The number of aryl methyl sites for hydroxylation is 1. The Kier molecular flexibility index (Phi) is 11.6. The van der Waals surface area contributed by atoms with Gasteiger partial charge in [-0.2, -0.15) is 0 Å². The Hall–Kier alpha value is -4.60. The molecule has 0 atom stereocenters. The maximum absolute atomic E-state index is 11.2. The average molecular weight is 875 g/mol. The van der Waals surface area contributed by atoms with Gasteiger partial charge in [-0.3, -0.25) is 10.1 Å². The summed E-state index contributed by atoms with van der Waals surface area (Å²) in [5.41, 5.74) is 2.27. The molecule has 0 aliphatic heterocycles. The number of nitrogens with zero attached hydrogens (tertiary/aromatic N) is 13. The monoisotopic (exact) mass is 871 g/mol. The molecular formula is C25H13Cl8N13O6. The average Bonchev–Trinajstić information content (AvgIpc) is 3.82. The number of halogens is 8. The van der Waals surface area contributed by atoms with Crippen molar-refractivity contribution in [2.45, 2.75) is 0 Å². The van der Waals surface area contributed by atoms with Gasteiger partial charge in [0.25, 0.3) is 0 Å². The molecule has 8 aromatic rings. The van der Waals surface area contributed by atoms with Crippen molar-refractivity contribution in [3.8, 4) is 0 Å². The summed E-state index contributed by atoms with van der Waals surface area (Å²) in [6.45, 7) is 0. The molecule has 4 aromatic heterocycles. The lowest BCUT2D eigenvalue weighted by Crippen LogP contribution is -2.29. The van der Waals surface area contributed by atoms with Crippen molar-refractivity contribution in [3.63, 3.8) is 0 Å². The molecule has 52 heavy (non-hydrogen) atoms. The Morgan fingerprint density at radius 3 is 1.92 bits per heavy atom. The smallest absolute Gasteiger partial charge is 0.308 e. The van der Waals surface area contributed by atoms with Crippen LogP contribution < -0.4 is 4.85 Å². The van der Waals surface area contributed by atoms with Gasteiger partial charge in [0.2, 0.25) is 11.0 Å². The predicted octanol–water partition coefficient (Wildman–Crippen LogP) is 7.35. The zero-order valence-electron chi connectivity index (χ0n) is 24.9. The van der Waals surface area contributed by atoms with Gasteiger partial charge in [-0.15, -0.1) is 24.8 Å². The van der Waals surface area contributed by atoms with E-state index >= 15 is 0 Å². The Morgan fingerprint density at radius 2 is 1.25 bits per heavy atom. The number of aromatic nitrogens is 12. The molecule has 19 nitrogen and oxygen atoms in total. The first-order valence-electron chi connectivity index (χ1n) is 13.3. The van der Waals surface area contributed by atoms with Crippen LogP contribution in [0.5, 0.6) is 0 Å². The van der Waals surface area contributed by atoms with E-state index in [2.05, 4.69) is 36.1 Å². The van der Waals surface area contributed by atoms with Gasteiger partial charge in [0.1, 0.15) is 34.1 Å². The highest BCUT2D eigenvalue weighted by atomic mass is 35.5. The molecule has 8 rings (SSSR count). The molecule has 0 spiro atoms. The quantitative estimate of drug-likeness (QED) is 0.0481. The molecule has 0 aliphatic carbocycles. The molecular weight excluding hydrogens is 862 g/mol. The maximum Gasteiger partial charge on any atom is 0.308 e. The van der Waals surface area contributed by atoms with E-state index in [1.165, 1.54) is 22.9 Å². The van der Waals surface area contributed by atoms with Crippen molar-refractivity contribution in [1.82, 2.24) is 55.4 Å². The van der Waals surface area contributed by atoms with Crippen LogP contribution in [0.2, 0.25) is 40.2 Å². The van der Waals surface area contributed by atoms with E-state index in [9.17, 15) is 20.5 Å². The van der Waals surface area contributed by atoms with Gasteiger partial charge in [0, 0.05) is 11.1 Å². The number of nitro groups is 1. The molecule has 0 unspecified atom stereocenters. The first-order valence-corrected chi connectivity index (χ1v) is 16.3. The summed E-state index contributed by atoms with van der Waals surface area (Å²) < 4.78 is 1.42. The minimum Gasteiger partial charge on any atom is -0.691 e. The van der Waals surface area contributed by atoms with Crippen molar-refractivity contribution < 1.29 is 25.4 Å². The van der Waals surface area contributed by atoms with E-state index in [1.54, 1.807) is 31.3 Å². The lowest BCUT2D eigenvalue weighted by Gasteiger charge is -1.98. The molecule has 0 aliphatic rings. The molecule has 270 valence electrons. The fraction of sp³-hybridized carbons (Fsp3) is 0.0400. The molecule has 4 aromatic carbocycles. The summed E-state index contributed by atoms with van der Waals surface area (Å²) in [4.78, 5) is 12.0. The molecule has 0 bridgehead atoms. The number of nitro benzene ring substituents is 1. The second kappa shape index (κ2) is 15.6. The van der Waals surface area contributed by atoms with Crippen molar-refractivity contribution in [2.24, 2.45) is 7.05 Å². The highest BCUT2D eigenvalue weighted by molar-refractivity contribution is 6.43. The Labute approximate surface area is 326 Å². The first-order chi connectivity index (χ1) is 24.5. The Bertz CT molecular complexity index is 2650. The minimum absolute atomic E-state index is 0.0484. The van der Waals surface area contributed by atoms with Crippen molar-refractivity contribution in [1.29, 1.82) is 0 Å². The Balaban J connectivity index is 0.000000135. The van der Waals surface area contributed by atoms with Crippen LogP contribution in [-0.2, 0) is 7.05 Å². The lowest BCUT2D eigenvalue weighted by atomic mass is 10.3. The van der Waals surface area contributed by atoms with E-state index in [4.69, 9.17) is 103 Å². The first kappa shape index (κ1) is 38.6. The number of benzene rings is 4. The molecule has 0 saturated heterocycles. The van der Waals surface area contributed by atoms with Gasteiger partial charge in [-0.1, -0.05) is 107 Å². The van der Waals surface area contributed by atoms with Gasteiger partial charge in [-0.05, 0) is 52.0 Å². The third-order valence-electron chi connectivity index (χ3n) is 6.47. The summed E-state index contributed by atoms with van der Waals surface area (Å²) in [7, 11) is 1.65. The van der Waals surface area contributed by atoms with Crippen LogP contribution in [0.25, 0.3) is 44.1 Å². The van der Waals surface area contributed by atoms with Crippen molar-refractivity contribution >= 4 is 143 Å². The maximum atomic E-state index is 11.2. The molecule has 0 radical (unpaired) electrons. The summed E-state index contributed by atoms with van der Waals surface area (Å²) in [6, 6.07) is 10.5. The van der Waals surface area contributed by atoms with Crippen LogP contribution in [0, 0.1) is 15.3 Å². The number of fused-ring (bicyclic) bond motifs is 4. The van der Waals surface area contributed by atoms with Crippen LogP contribution in [0.1, 0.15) is 0 Å². The topological polar surface area (TPSA) is 241 Å². The van der Waals surface area contributed by atoms with Crippen LogP contribution in [0.15, 0.2) is 42.5 Å². The number of hydrogen-bond acceptors (Lipinski definition) is 13. The summed E-state index contributed by atoms with van der Waals surface area (Å²) >= 11 is 45.9. The molecule has 0 fully saturated rings. The van der Waals surface area contributed by atoms with Crippen LogP contribution in [-0.4, -0.2) is 75.9 Å². The van der Waals surface area contributed by atoms with E-state index < -0.39 is 10.6 Å². The SMILES string of the molecule is Cn1n[n+]([O-])c2cc(Cl)cc(Cl)c21.O=[N+]([O-])c1c(Cl)cc2nnn(O)c2c1Cl.On1nnc2c(Cl)ccc(Cl)c21.On1nnc2cc(Cl)c(Cl)cc21. The highest BCUT2D eigenvalue weighted by Gasteiger charge is 2.24. The zero-order valence-corrected chi connectivity index (χ0v) is 31.0. The van der Waals surface area contributed by atoms with E-state index in [-0.39, 0.29) is 21.1 Å². The van der Waals surface area contributed by atoms with E-state index in [0.29, 0.717) is 82.6 Å². The fourth-order valence-electron chi connectivity index (χ4n) is 4.24. The van der Waals surface area contributed by atoms with Crippen LogP contribution >= 0.6 is 92.8 Å². The molecule has 3 N–H and O–H groups in total. The van der Waals surface area contributed by atoms with Crippen LogP contribution in [0.4, 0.5) is 5.69 Å². The van der Waals surface area contributed by atoms with E-state index in [1.807, 2.05) is 0 Å². The second-order valence-electron chi connectivity index (χ2n) is 9.71. The molecule has 0 saturated carbocycles. The third kappa shape index (κ3) is 7.76. The number of rotatable bonds is 1. The Morgan fingerprint density at radius 1 is 0.673 bits per heavy atom. The van der Waals surface area contributed by atoms with Gasteiger partial charge in [0.05, 0.1) is 35.2 Å². The van der Waals surface area contributed by atoms with Gasteiger partial charge >= 0.3 is 5.69 Å².